The van der Waals surface area contributed by atoms with Crippen LogP contribution in [-0.4, -0.2) is 18.1 Å². The third-order valence-corrected chi connectivity index (χ3v) is 1.70. The van der Waals surface area contributed by atoms with Gasteiger partial charge in [0.25, 0.3) is 0 Å². The van der Waals surface area contributed by atoms with Gasteiger partial charge >= 0.3 is 0 Å². The maximum Gasteiger partial charge on any atom is 0.151 e. The molecule has 0 radical (unpaired) electrons. The van der Waals surface area contributed by atoms with Crippen molar-refractivity contribution in [3.8, 4) is 0 Å². The van der Waals surface area contributed by atoms with E-state index in [0.717, 1.165) is 11.4 Å². The predicted molar refractivity (Wildman–Crippen MR) is 40.3 cm³/mol. The summed E-state index contributed by atoms with van der Waals surface area (Å²) in [4.78, 5) is 0.778. The Morgan fingerprint density at radius 2 is 2.67 bits per heavy atom. The van der Waals surface area contributed by atoms with E-state index in [1.807, 2.05) is 13.1 Å². The Bertz CT molecular complexity index is 136. The van der Waals surface area contributed by atoms with Crippen LogP contribution in [0, 0.1) is 0 Å². The van der Waals surface area contributed by atoms with Crippen molar-refractivity contribution in [1.29, 1.82) is 0 Å². The van der Waals surface area contributed by atoms with Crippen molar-refractivity contribution in [1.82, 2.24) is 5.32 Å². The first-order chi connectivity index (χ1) is 4.34. The standard InChI is InChI=1S/C6H9NOS/c1-7-6(9)5-3-2-4-8-5/h2,4-5H,3H2,1H3,(H,7,9). The fraction of sp³-hybridized carbons (Fsp3) is 0.500. The molecule has 0 amide bonds. The molecule has 1 aliphatic rings. The Kier molecular flexibility index (Phi) is 2.05. The molecule has 0 saturated carbocycles. The lowest BCUT2D eigenvalue weighted by molar-refractivity contribution is 0.230. The molecule has 0 aromatic heterocycles. The van der Waals surface area contributed by atoms with Gasteiger partial charge in [0.15, 0.2) is 6.10 Å². The summed E-state index contributed by atoms with van der Waals surface area (Å²) in [7, 11) is 1.81. The molecule has 1 aliphatic heterocycles. The van der Waals surface area contributed by atoms with Gasteiger partial charge in [-0.05, 0) is 6.08 Å². The topological polar surface area (TPSA) is 21.3 Å². The molecule has 3 heteroatoms. The molecule has 0 fully saturated rings. The summed E-state index contributed by atoms with van der Waals surface area (Å²) < 4.78 is 5.12. The van der Waals surface area contributed by atoms with E-state index in [9.17, 15) is 0 Å². The van der Waals surface area contributed by atoms with E-state index >= 15 is 0 Å². The molecule has 0 aromatic carbocycles. The Hall–Kier alpha value is -0.570. The van der Waals surface area contributed by atoms with Gasteiger partial charge in [0.05, 0.1) is 6.26 Å². The van der Waals surface area contributed by atoms with Crippen LogP contribution < -0.4 is 5.32 Å². The molecule has 1 heterocycles. The average Bonchev–Trinajstić information content (AvgIpc) is 2.37. The van der Waals surface area contributed by atoms with E-state index in [-0.39, 0.29) is 6.10 Å². The van der Waals surface area contributed by atoms with Gasteiger partial charge in [-0.15, -0.1) is 0 Å². The zero-order chi connectivity index (χ0) is 6.69. The van der Waals surface area contributed by atoms with Crippen LogP contribution in [0.25, 0.3) is 0 Å². The van der Waals surface area contributed by atoms with E-state index in [4.69, 9.17) is 17.0 Å². The quantitative estimate of drug-likeness (QED) is 0.549. The lowest BCUT2D eigenvalue weighted by atomic mass is 10.3. The van der Waals surface area contributed by atoms with Gasteiger partial charge in [0.1, 0.15) is 4.99 Å². The van der Waals surface area contributed by atoms with Crippen LogP contribution in [-0.2, 0) is 4.74 Å². The van der Waals surface area contributed by atoms with Crippen LogP contribution in [0.1, 0.15) is 6.42 Å². The Balaban J connectivity index is 2.36. The van der Waals surface area contributed by atoms with Gasteiger partial charge in [-0.1, -0.05) is 12.2 Å². The summed E-state index contributed by atoms with van der Waals surface area (Å²) in [6.07, 6.45) is 4.65. The highest BCUT2D eigenvalue weighted by atomic mass is 32.1. The van der Waals surface area contributed by atoms with E-state index in [1.165, 1.54) is 0 Å². The molecule has 2 nitrogen and oxygen atoms in total. The average molecular weight is 143 g/mol. The van der Waals surface area contributed by atoms with Crippen LogP contribution in [0.15, 0.2) is 12.3 Å². The zero-order valence-corrected chi connectivity index (χ0v) is 6.07. The predicted octanol–water partition coefficient (Wildman–Crippen LogP) is 0.836. The first kappa shape index (κ1) is 6.55. The summed E-state index contributed by atoms with van der Waals surface area (Å²) in [5.41, 5.74) is 0. The van der Waals surface area contributed by atoms with Crippen molar-refractivity contribution in [2.45, 2.75) is 12.5 Å². The Morgan fingerprint density at radius 3 is 3.11 bits per heavy atom. The number of ether oxygens (including phenoxy) is 1. The number of thiocarbonyl (C=S) groups is 1. The normalized spacial score (nSPS) is 23.4. The van der Waals surface area contributed by atoms with Crippen molar-refractivity contribution in [2.75, 3.05) is 7.05 Å². The van der Waals surface area contributed by atoms with Crippen LogP contribution in [0.4, 0.5) is 0 Å². The van der Waals surface area contributed by atoms with E-state index < -0.39 is 0 Å². The number of likely N-dealkylation sites (N-methyl/N-ethyl adjacent to an activating group) is 1. The van der Waals surface area contributed by atoms with Crippen LogP contribution >= 0.6 is 12.2 Å². The lowest BCUT2D eigenvalue weighted by Crippen LogP contribution is -2.29. The van der Waals surface area contributed by atoms with Crippen LogP contribution in [0.5, 0.6) is 0 Å². The van der Waals surface area contributed by atoms with Crippen LogP contribution in [0.2, 0.25) is 0 Å². The summed E-state index contributed by atoms with van der Waals surface area (Å²) in [5, 5.41) is 2.87. The van der Waals surface area contributed by atoms with Crippen molar-refractivity contribution >= 4 is 17.2 Å². The van der Waals surface area contributed by atoms with E-state index in [0.29, 0.717) is 0 Å². The largest absolute Gasteiger partial charge is 0.491 e. The summed E-state index contributed by atoms with van der Waals surface area (Å²) in [6.45, 7) is 0. The van der Waals surface area contributed by atoms with Gasteiger partial charge in [-0.2, -0.15) is 0 Å². The number of rotatable bonds is 1. The van der Waals surface area contributed by atoms with Crippen molar-refractivity contribution in [3.05, 3.63) is 12.3 Å². The number of nitrogens with one attached hydrogen (secondary N) is 1. The third kappa shape index (κ3) is 1.42. The fourth-order valence-electron chi connectivity index (χ4n) is 0.715. The molecular formula is C6H9NOS. The van der Waals surface area contributed by atoms with Crippen molar-refractivity contribution < 1.29 is 4.74 Å². The molecule has 0 bridgehead atoms. The first-order valence-corrected chi connectivity index (χ1v) is 3.27. The SMILES string of the molecule is CNC(=S)C1CC=CO1. The van der Waals surface area contributed by atoms with E-state index in [2.05, 4.69) is 5.32 Å². The molecule has 1 atom stereocenters. The molecule has 0 saturated heterocycles. The molecule has 9 heavy (non-hydrogen) atoms. The highest BCUT2D eigenvalue weighted by Crippen LogP contribution is 2.08. The molecule has 0 spiro atoms. The number of hydrogen-bond donors (Lipinski definition) is 1. The highest BCUT2D eigenvalue weighted by Gasteiger charge is 2.14. The summed E-state index contributed by atoms with van der Waals surface area (Å²) in [5.74, 6) is 0. The minimum absolute atomic E-state index is 0.0880. The zero-order valence-electron chi connectivity index (χ0n) is 5.26. The highest BCUT2D eigenvalue weighted by molar-refractivity contribution is 7.80. The van der Waals surface area contributed by atoms with Gasteiger partial charge in [0, 0.05) is 13.5 Å². The molecular weight excluding hydrogens is 134 g/mol. The molecule has 1 unspecified atom stereocenters. The Labute approximate surface area is 59.9 Å². The van der Waals surface area contributed by atoms with Crippen LogP contribution in [0.3, 0.4) is 0 Å². The van der Waals surface area contributed by atoms with Crippen molar-refractivity contribution in [2.24, 2.45) is 0 Å². The molecule has 1 rings (SSSR count). The second-order valence-corrected chi connectivity index (χ2v) is 2.29. The monoisotopic (exact) mass is 143 g/mol. The summed E-state index contributed by atoms with van der Waals surface area (Å²) >= 11 is 4.94. The second kappa shape index (κ2) is 2.82. The Morgan fingerprint density at radius 1 is 1.89 bits per heavy atom. The summed E-state index contributed by atoms with van der Waals surface area (Å²) in [6, 6.07) is 0. The minimum atomic E-state index is 0.0880. The number of hydrogen-bond acceptors (Lipinski definition) is 2. The second-order valence-electron chi connectivity index (χ2n) is 1.85. The smallest absolute Gasteiger partial charge is 0.151 e. The molecule has 0 aromatic rings. The lowest BCUT2D eigenvalue weighted by Gasteiger charge is -2.09. The van der Waals surface area contributed by atoms with Crippen molar-refractivity contribution in [3.63, 3.8) is 0 Å². The van der Waals surface area contributed by atoms with Gasteiger partial charge in [0.2, 0.25) is 0 Å². The fourth-order valence-corrected chi connectivity index (χ4v) is 0.867. The third-order valence-electron chi connectivity index (χ3n) is 1.23. The minimum Gasteiger partial charge on any atom is -0.491 e. The molecule has 50 valence electrons. The molecule has 1 N–H and O–H groups in total. The van der Waals surface area contributed by atoms with Gasteiger partial charge < -0.3 is 10.1 Å². The van der Waals surface area contributed by atoms with Gasteiger partial charge in [-0.3, -0.25) is 0 Å². The first-order valence-electron chi connectivity index (χ1n) is 2.86. The molecule has 0 aliphatic carbocycles. The van der Waals surface area contributed by atoms with E-state index in [1.54, 1.807) is 6.26 Å². The maximum absolute atomic E-state index is 5.12. The van der Waals surface area contributed by atoms with Gasteiger partial charge in [-0.25, -0.2) is 0 Å². The maximum atomic E-state index is 5.12.